The predicted molar refractivity (Wildman–Crippen MR) is 124 cm³/mol. The van der Waals surface area contributed by atoms with Gasteiger partial charge in [0, 0.05) is 36.4 Å². The van der Waals surface area contributed by atoms with Crippen LogP contribution in [0.3, 0.4) is 0 Å². The number of piperidine rings is 1. The van der Waals surface area contributed by atoms with Crippen LogP contribution in [-0.2, 0) is 11.3 Å². The van der Waals surface area contributed by atoms with Crippen LogP contribution in [0.4, 0.5) is 0 Å². The molecule has 0 radical (unpaired) electrons. The summed E-state index contributed by atoms with van der Waals surface area (Å²) in [5, 5.41) is 9.70. The van der Waals surface area contributed by atoms with E-state index in [0.29, 0.717) is 37.8 Å². The highest BCUT2D eigenvalue weighted by Crippen LogP contribution is 2.29. The van der Waals surface area contributed by atoms with Gasteiger partial charge in [-0.15, -0.1) is 0 Å². The van der Waals surface area contributed by atoms with Gasteiger partial charge >= 0.3 is 0 Å². The zero-order valence-corrected chi connectivity index (χ0v) is 18.9. The van der Waals surface area contributed by atoms with Gasteiger partial charge in [0.1, 0.15) is 5.75 Å². The number of ether oxygens (including phenoxy) is 1. The summed E-state index contributed by atoms with van der Waals surface area (Å²) in [5.74, 6) is 2.34. The highest BCUT2D eigenvalue weighted by Gasteiger charge is 2.27. The van der Waals surface area contributed by atoms with Crippen molar-refractivity contribution in [1.82, 2.24) is 24.8 Å². The van der Waals surface area contributed by atoms with Crippen molar-refractivity contribution in [3.63, 3.8) is 0 Å². The lowest BCUT2D eigenvalue weighted by Gasteiger charge is -2.30. The van der Waals surface area contributed by atoms with Crippen molar-refractivity contribution in [3.05, 3.63) is 60.1 Å². The lowest BCUT2D eigenvalue weighted by molar-refractivity contribution is -0.132. The molecule has 1 amide bonds. The number of hydrogen-bond donors (Lipinski definition) is 0. The van der Waals surface area contributed by atoms with Crippen LogP contribution in [0.25, 0.3) is 22.3 Å². The number of benzene rings is 2. The molecule has 8 nitrogen and oxygen atoms in total. The van der Waals surface area contributed by atoms with Gasteiger partial charge in [0.2, 0.25) is 17.6 Å². The van der Waals surface area contributed by atoms with E-state index in [1.165, 1.54) is 5.56 Å². The second-order valence-corrected chi connectivity index (χ2v) is 8.52. The molecule has 8 heteroatoms. The Kier molecular flexibility index (Phi) is 5.81. The summed E-state index contributed by atoms with van der Waals surface area (Å²) in [5.41, 5.74) is 3.15. The monoisotopic (exact) mass is 445 g/mol. The van der Waals surface area contributed by atoms with E-state index in [4.69, 9.17) is 9.26 Å². The highest BCUT2D eigenvalue weighted by molar-refractivity contribution is 5.80. The second kappa shape index (κ2) is 9.05. The fourth-order valence-electron chi connectivity index (χ4n) is 4.35. The molecule has 2 aromatic carbocycles. The first kappa shape index (κ1) is 21.2. The van der Waals surface area contributed by atoms with Crippen molar-refractivity contribution >= 4 is 16.8 Å². The maximum Gasteiger partial charge on any atom is 0.230 e. The first-order valence-corrected chi connectivity index (χ1v) is 11.3. The quantitative estimate of drug-likeness (QED) is 0.442. The van der Waals surface area contributed by atoms with E-state index in [-0.39, 0.29) is 11.8 Å². The van der Waals surface area contributed by atoms with Gasteiger partial charge in [-0.25, -0.2) is 0 Å². The molecule has 0 unspecified atom stereocenters. The number of aryl methyl sites for hydroxylation is 2. The Balaban J connectivity index is 1.16. The Hall–Kier alpha value is -3.68. The third-order valence-electron chi connectivity index (χ3n) is 6.32. The SMILES string of the molecule is COc1ccc(-c2noc(C3CCN(C(=O)CCn4ncc5ccc(C)cc54)CC3)n2)cc1. The minimum Gasteiger partial charge on any atom is -0.497 e. The molecule has 0 aliphatic carbocycles. The van der Waals surface area contributed by atoms with E-state index in [0.717, 1.165) is 35.1 Å². The van der Waals surface area contributed by atoms with Crippen molar-refractivity contribution in [2.24, 2.45) is 0 Å². The number of fused-ring (bicyclic) bond motifs is 1. The molecular formula is C25H27N5O3. The number of nitrogens with zero attached hydrogens (tertiary/aromatic N) is 5. The van der Waals surface area contributed by atoms with Gasteiger partial charge in [-0.05, 0) is 55.7 Å². The highest BCUT2D eigenvalue weighted by atomic mass is 16.5. The molecule has 0 atom stereocenters. The van der Waals surface area contributed by atoms with E-state index >= 15 is 0 Å². The zero-order chi connectivity index (χ0) is 22.8. The molecule has 5 rings (SSSR count). The first-order chi connectivity index (χ1) is 16.1. The number of hydrogen-bond acceptors (Lipinski definition) is 6. The largest absolute Gasteiger partial charge is 0.497 e. The number of carbonyl (C=O) groups excluding carboxylic acids is 1. The normalized spacial score (nSPS) is 14.7. The minimum atomic E-state index is 0.161. The van der Waals surface area contributed by atoms with Crippen LogP contribution in [0.5, 0.6) is 5.75 Å². The molecule has 0 saturated carbocycles. The fraction of sp³-hybridized carbons (Fsp3) is 0.360. The van der Waals surface area contributed by atoms with Gasteiger partial charge in [0.15, 0.2) is 0 Å². The van der Waals surface area contributed by atoms with E-state index in [2.05, 4.69) is 40.4 Å². The number of carbonyl (C=O) groups is 1. The number of methoxy groups -OCH3 is 1. The van der Waals surface area contributed by atoms with Crippen molar-refractivity contribution in [1.29, 1.82) is 0 Å². The lowest BCUT2D eigenvalue weighted by Crippen LogP contribution is -2.38. The molecule has 33 heavy (non-hydrogen) atoms. The molecule has 1 saturated heterocycles. The van der Waals surface area contributed by atoms with Gasteiger partial charge in [-0.1, -0.05) is 17.3 Å². The predicted octanol–water partition coefficient (Wildman–Crippen LogP) is 4.20. The van der Waals surface area contributed by atoms with Crippen LogP contribution >= 0.6 is 0 Å². The van der Waals surface area contributed by atoms with Crippen molar-refractivity contribution in [2.75, 3.05) is 20.2 Å². The maximum atomic E-state index is 12.8. The van der Waals surface area contributed by atoms with Crippen LogP contribution in [0.1, 0.15) is 36.6 Å². The van der Waals surface area contributed by atoms with Crippen LogP contribution in [0.15, 0.2) is 53.2 Å². The van der Waals surface area contributed by atoms with Crippen LogP contribution in [0.2, 0.25) is 0 Å². The molecule has 4 aromatic rings. The number of aromatic nitrogens is 4. The summed E-state index contributed by atoms with van der Waals surface area (Å²) in [6.07, 6.45) is 3.94. The lowest BCUT2D eigenvalue weighted by atomic mass is 9.96. The molecule has 1 aliphatic heterocycles. The molecule has 2 aromatic heterocycles. The molecule has 170 valence electrons. The van der Waals surface area contributed by atoms with Gasteiger partial charge in [0.25, 0.3) is 0 Å². The Morgan fingerprint density at radius 3 is 2.70 bits per heavy atom. The van der Waals surface area contributed by atoms with E-state index in [1.54, 1.807) is 7.11 Å². The standard InChI is InChI=1S/C25H27N5O3/c1-17-3-4-20-16-26-30(22(20)15-17)14-11-23(31)29-12-9-19(10-13-29)25-27-24(28-33-25)18-5-7-21(32-2)8-6-18/h3-8,15-16,19H,9-14H2,1-2H3. The third-order valence-corrected chi connectivity index (χ3v) is 6.32. The first-order valence-electron chi connectivity index (χ1n) is 11.3. The second-order valence-electron chi connectivity index (χ2n) is 8.52. The molecule has 0 N–H and O–H groups in total. The van der Waals surface area contributed by atoms with Gasteiger partial charge in [-0.3, -0.25) is 9.48 Å². The number of rotatable bonds is 6. The van der Waals surface area contributed by atoms with Crippen molar-refractivity contribution < 1.29 is 14.1 Å². The number of likely N-dealkylation sites (tertiary alicyclic amines) is 1. The average molecular weight is 446 g/mol. The van der Waals surface area contributed by atoms with Crippen LogP contribution in [-0.4, -0.2) is 50.9 Å². The van der Waals surface area contributed by atoms with E-state index in [1.807, 2.05) is 40.0 Å². The van der Waals surface area contributed by atoms with Crippen molar-refractivity contribution in [2.45, 2.75) is 38.6 Å². The van der Waals surface area contributed by atoms with E-state index in [9.17, 15) is 4.79 Å². The summed E-state index contributed by atoms with van der Waals surface area (Å²) < 4.78 is 12.7. The maximum absolute atomic E-state index is 12.8. The van der Waals surface area contributed by atoms with Gasteiger partial charge in [-0.2, -0.15) is 10.1 Å². The summed E-state index contributed by atoms with van der Waals surface area (Å²) in [7, 11) is 1.64. The summed E-state index contributed by atoms with van der Waals surface area (Å²) in [6, 6.07) is 13.8. The fourth-order valence-corrected chi connectivity index (χ4v) is 4.35. The molecule has 0 spiro atoms. The Bertz CT molecular complexity index is 1250. The Morgan fingerprint density at radius 2 is 1.94 bits per heavy atom. The Labute approximate surface area is 192 Å². The molecule has 0 bridgehead atoms. The molecular weight excluding hydrogens is 418 g/mol. The summed E-state index contributed by atoms with van der Waals surface area (Å²) >= 11 is 0. The van der Waals surface area contributed by atoms with Gasteiger partial charge < -0.3 is 14.2 Å². The van der Waals surface area contributed by atoms with Crippen LogP contribution in [0, 0.1) is 6.92 Å². The average Bonchev–Trinajstić information content (AvgIpc) is 3.50. The van der Waals surface area contributed by atoms with E-state index < -0.39 is 0 Å². The molecule has 1 aliphatic rings. The minimum absolute atomic E-state index is 0.161. The topological polar surface area (TPSA) is 86.3 Å². The molecule has 3 heterocycles. The summed E-state index contributed by atoms with van der Waals surface area (Å²) in [4.78, 5) is 19.3. The summed E-state index contributed by atoms with van der Waals surface area (Å²) in [6.45, 7) is 4.04. The smallest absolute Gasteiger partial charge is 0.230 e. The number of amides is 1. The third kappa shape index (κ3) is 4.46. The molecule has 1 fully saturated rings. The van der Waals surface area contributed by atoms with Crippen molar-refractivity contribution in [3.8, 4) is 17.1 Å². The van der Waals surface area contributed by atoms with Crippen LogP contribution < -0.4 is 4.74 Å². The Morgan fingerprint density at radius 1 is 1.15 bits per heavy atom. The van der Waals surface area contributed by atoms with Gasteiger partial charge in [0.05, 0.1) is 25.4 Å². The zero-order valence-electron chi connectivity index (χ0n) is 18.9.